The van der Waals surface area contributed by atoms with Gasteiger partial charge in [0.15, 0.2) is 0 Å². The third-order valence-electron chi connectivity index (χ3n) is 2.99. The van der Waals surface area contributed by atoms with Crippen LogP contribution in [-0.2, 0) is 9.59 Å². The summed E-state index contributed by atoms with van der Waals surface area (Å²) in [5, 5.41) is 11.6. The first-order valence-corrected chi connectivity index (χ1v) is 6.78. The van der Waals surface area contributed by atoms with Crippen molar-refractivity contribution in [2.24, 2.45) is 0 Å². The van der Waals surface area contributed by atoms with E-state index in [4.69, 9.17) is 5.11 Å². The number of hydrogen-bond donors (Lipinski definition) is 2. The Morgan fingerprint density at radius 2 is 2.22 bits per heavy atom. The van der Waals surface area contributed by atoms with Gasteiger partial charge in [0.1, 0.15) is 6.04 Å². The van der Waals surface area contributed by atoms with Gasteiger partial charge in [-0.3, -0.25) is 4.79 Å². The zero-order valence-corrected chi connectivity index (χ0v) is 10.9. The number of carboxylic acid groups (broad SMARTS) is 1. The third kappa shape index (κ3) is 2.85. The molecule has 96 valence electrons. The van der Waals surface area contributed by atoms with Crippen molar-refractivity contribution in [3.8, 4) is 0 Å². The molecule has 0 aliphatic carbocycles. The maximum Gasteiger partial charge on any atom is 0.326 e. The minimum absolute atomic E-state index is 0.194. The summed E-state index contributed by atoms with van der Waals surface area (Å²) in [5.41, 5.74) is 1.19. The Labute approximate surface area is 110 Å². The fourth-order valence-corrected chi connectivity index (χ4v) is 3.45. The summed E-state index contributed by atoms with van der Waals surface area (Å²) in [6.45, 7) is 1.34. The number of carbonyl (C=O) groups excluding carboxylic acids is 1. The molecule has 0 saturated carbocycles. The number of fused-ring (bicyclic) bond motifs is 1. The summed E-state index contributed by atoms with van der Waals surface area (Å²) >= 11 is 1.74. The van der Waals surface area contributed by atoms with Crippen LogP contribution in [0.1, 0.15) is 24.8 Å². The van der Waals surface area contributed by atoms with Gasteiger partial charge in [0.05, 0.1) is 0 Å². The largest absolute Gasteiger partial charge is 0.480 e. The third-order valence-corrected chi connectivity index (χ3v) is 4.25. The lowest BCUT2D eigenvalue weighted by Crippen LogP contribution is -2.40. The van der Waals surface area contributed by atoms with Crippen molar-refractivity contribution >= 4 is 23.6 Å². The molecule has 0 radical (unpaired) electrons. The van der Waals surface area contributed by atoms with E-state index in [2.05, 4.69) is 5.32 Å². The Morgan fingerprint density at radius 3 is 2.89 bits per heavy atom. The SMILES string of the molecule is CC(=O)NC(CC1CSc2ccccc21)C(=O)O. The van der Waals surface area contributed by atoms with Crippen LogP contribution in [0.2, 0.25) is 0 Å². The topological polar surface area (TPSA) is 66.4 Å². The number of aliphatic carboxylic acids is 1. The Hall–Kier alpha value is -1.49. The summed E-state index contributed by atoms with van der Waals surface area (Å²) in [6.07, 6.45) is 0.443. The van der Waals surface area contributed by atoms with Crippen LogP contribution in [-0.4, -0.2) is 28.8 Å². The van der Waals surface area contributed by atoms with E-state index >= 15 is 0 Å². The Kier molecular flexibility index (Phi) is 3.91. The van der Waals surface area contributed by atoms with E-state index in [1.54, 1.807) is 11.8 Å². The van der Waals surface area contributed by atoms with Crippen LogP contribution in [0.5, 0.6) is 0 Å². The molecule has 2 unspecified atom stereocenters. The van der Waals surface area contributed by atoms with Crippen molar-refractivity contribution in [2.45, 2.75) is 30.2 Å². The van der Waals surface area contributed by atoms with E-state index in [1.165, 1.54) is 17.4 Å². The zero-order chi connectivity index (χ0) is 13.1. The smallest absolute Gasteiger partial charge is 0.326 e. The molecule has 1 heterocycles. The van der Waals surface area contributed by atoms with Crippen molar-refractivity contribution < 1.29 is 14.7 Å². The quantitative estimate of drug-likeness (QED) is 0.872. The number of hydrogen-bond acceptors (Lipinski definition) is 3. The average molecular weight is 265 g/mol. The Balaban J connectivity index is 2.09. The fourth-order valence-electron chi connectivity index (χ4n) is 2.18. The molecule has 2 N–H and O–H groups in total. The lowest BCUT2D eigenvalue weighted by Gasteiger charge is -2.17. The minimum atomic E-state index is -0.973. The molecule has 1 aromatic rings. The second kappa shape index (κ2) is 5.44. The Morgan fingerprint density at radius 1 is 1.50 bits per heavy atom. The molecule has 2 atom stereocenters. The Bertz CT molecular complexity index is 475. The predicted octanol–water partition coefficient (Wildman–Crippen LogP) is 1.86. The summed E-state index contributed by atoms with van der Waals surface area (Å²) in [7, 11) is 0. The number of benzene rings is 1. The highest BCUT2D eigenvalue weighted by Gasteiger charge is 2.29. The van der Waals surface area contributed by atoms with E-state index in [1.807, 2.05) is 24.3 Å². The molecular weight excluding hydrogens is 250 g/mol. The van der Waals surface area contributed by atoms with Gasteiger partial charge in [-0.2, -0.15) is 0 Å². The number of nitrogens with one attached hydrogen (secondary N) is 1. The zero-order valence-electron chi connectivity index (χ0n) is 10.1. The fraction of sp³-hybridized carbons (Fsp3) is 0.385. The van der Waals surface area contributed by atoms with Crippen LogP contribution in [0.4, 0.5) is 0 Å². The van der Waals surface area contributed by atoms with Gasteiger partial charge in [-0.1, -0.05) is 18.2 Å². The van der Waals surface area contributed by atoms with Crippen molar-refractivity contribution in [3.63, 3.8) is 0 Å². The summed E-state index contributed by atoms with van der Waals surface area (Å²) in [4.78, 5) is 23.3. The van der Waals surface area contributed by atoms with Crippen molar-refractivity contribution in [2.75, 3.05) is 5.75 Å². The predicted molar refractivity (Wildman–Crippen MR) is 69.8 cm³/mol. The highest BCUT2D eigenvalue weighted by Crippen LogP contribution is 2.41. The van der Waals surface area contributed by atoms with Crippen LogP contribution < -0.4 is 5.32 Å². The van der Waals surface area contributed by atoms with Gasteiger partial charge in [-0.15, -0.1) is 11.8 Å². The number of thioether (sulfide) groups is 1. The summed E-state index contributed by atoms with van der Waals surface area (Å²) in [5.74, 6) is -0.206. The molecule has 18 heavy (non-hydrogen) atoms. The van der Waals surface area contributed by atoms with Gasteiger partial charge >= 0.3 is 5.97 Å². The highest BCUT2D eigenvalue weighted by molar-refractivity contribution is 7.99. The lowest BCUT2D eigenvalue weighted by atomic mass is 9.94. The number of carbonyl (C=O) groups is 2. The molecule has 4 nitrogen and oxygen atoms in total. The van der Waals surface area contributed by atoms with E-state index < -0.39 is 12.0 Å². The van der Waals surface area contributed by atoms with Gasteiger partial charge in [-0.05, 0) is 24.0 Å². The van der Waals surface area contributed by atoms with Gasteiger partial charge in [-0.25, -0.2) is 4.79 Å². The van der Waals surface area contributed by atoms with Crippen LogP contribution in [0, 0.1) is 0 Å². The number of carboxylic acids is 1. The standard InChI is InChI=1S/C13H15NO3S/c1-8(15)14-11(13(16)17)6-9-7-18-12-5-3-2-4-10(9)12/h2-5,9,11H,6-7H2,1H3,(H,14,15)(H,16,17). The molecule has 2 rings (SSSR count). The van der Waals surface area contributed by atoms with Crippen LogP contribution in [0.3, 0.4) is 0 Å². The maximum atomic E-state index is 11.1. The first-order chi connectivity index (χ1) is 8.58. The van der Waals surface area contributed by atoms with E-state index in [0.717, 1.165) is 5.75 Å². The number of amides is 1. The first kappa shape index (κ1) is 13.0. The molecule has 1 aliphatic heterocycles. The molecule has 1 aliphatic rings. The first-order valence-electron chi connectivity index (χ1n) is 5.79. The molecule has 5 heteroatoms. The molecule has 0 fully saturated rings. The van der Waals surface area contributed by atoms with Crippen LogP contribution in [0.25, 0.3) is 0 Å². The summed E-state index contributed by atoms with van der Waals surface area (Å²) in [6, 6.07) is 7.22. The molecular formula is C13H15NO3S. The van der Waals surface area contributed by atoms with E-state index in [0.29, 0.717) is 6.42 Å². The van der Waals surface area contributed by atoms with Crippen molar-refractivity contribution in [3.05, 3.63) is 29.8 Å². The van der Waals surface area contributed by atoms with Crippen molar-refractivity contribution in [1.29, 1.82) is 0 Å². The minimum Gasteiger partial charge on any atom is -0.480 e. The van der Waals surface area contributed by atoms with Crippen molar-refractivity contribution in [1.82, 2.24) is 5.32 Å². The van der Waals surface area contributed by atoms with Gasteiger partial charge in [0.25, 0.3) is 0 Å². The van der Waals surface area contributed by atoms with Gasteiger partial charge in [0.2, 0.25) is 5.91 Å². The molecule has 1 amide bonds. The molecule has 0 saturated heterocycles. The second-order valence-corrected chi connectivity index (χ2v) is 5.43. The highest BCUT2D eigenvalue weighted by atomic mass is 32.2. The molecule has 1 aromatic carbocycles. The molecule has 0 bridgehead atoms. The van der Waals surface area contributed by atoms with Gasteiger partial charge < -0.3 is 10.4 Å². The second-order valence-electron chi connectivity index (χ2n) is 4.37. The lowest BCUT2D eigenvalue weighted by molar-refractivity contribution is -0.141. The van der Waals surface area contributed by atoms with Crippen LogP contribution >= 0.6 is 11.8 Å². The molecule has 0 aromatic heterocycles. The normalized spacial score (nSPS) is 19.1. The average Bonchev–Trinajstić information content (AvgIpc) is 2.71. The van der Waals surface area contributed by atoms with E-state index in [9.17, 15) is 9.59 Å². The monoisotopic (exact) mass is 265 g/mol. The van der Waals surface area contributed by atoms with E-state index in [-0.39, 0.29) is 11.8 Å². The van der Waals surface area contributed by atoms with Crippen LogP contribution in [0.15, 0.2) is 29.2 Å². The summed E-state index contributed by atoms with van der Waals surface area (Å²) < 4.78 is 0. The number of rotatable bonds is 4. The van der Waals surface area contributed by atoms with Gasteiger partial charge in [0, 0.05) is 17.6 Å². The maximum absolute atomic E-state index is 11.1. The molecule has 0 spiro atoms.